The van der Waals surface area contributed by atoms with Crippen LogP contribution < -0.4 is 0 Å². The number of aromatic nitrogens is 1. The van der Waals surface area contributed by atoms with Gasteiger partial charge in [-0.15, -0.1) is 0 Å². The summed E-state index contributed by atoms with van der Waals surface area (Å²) in [5.74, 6) is 0.558. The molecule has 2 heterocycles. The van der Waals surface area contributed by atoms with Crippen molar-refractivity contribution in [2.24, 2.45) is 13.0 Å². The van der Waals surface area contributed by atoms with Gasteiger partial charge in [0.15, 0.2) is 0 Å². The molecule has 1 fully saturated rings. The Kier molecular flexibility index (Phi) is 6.00. The first kappa shape index (κ1) is 19.7. The number of carbonyl (C=O) groups excluding carboxylic acids is 1. The van der Waals surface area contributed by atoms with Crippen molar-refractivity contribution in [1.29, 1.82) is 0 Å². The predicted molar refractivity (Wildman–Crippen MR) is 117 cm³/mol. The topological polar surface area (TPSA) is 34.5 Å². The Labute approximate surface area is 173 Å². The highest BCUT2D eigenvalue weighted by Crippen LogP contribution is 2.25. The van der Waals surface area contributed by atoms with E-state index in [-0.39, 0.29) is 11.9 Å². The van der Waals surface area contributed by atoms with Crippen molar-refractivity contribution >= 4 is 16.8 Å². The number of hydrogen-bond acceptors (Lipinski definition) is 2. The fourth-order valence-electron chi connectivity index (χ4n) is 4.31. The Bertz CT molecular complexity index is 957. The summed E-state index contributed by atoms with van der Waals surface area (Å²) < 4.78 is 7.63. The Morgan fingerprint density at radius 3 is 2.69 bits per heavy atom. The Morgan fingerprint density at radius 1 is 1.17 bits per heavy atom. The molecule has 3 aromatic rings. The average molecular weight is 391 g/mol. The number of carbonyl (C=O) groups is 1. The van der Waals surface area contributed by atoms with E-state index in [1.165, 1.54) is 5.56 Å². The highest BCUT2D eigenvalue weighted by atomic mass is 16.5. The first-order valence-electron chi connectivity index (χ1n) is 10.6. The summed E-state index contributed by atoms with van der Waals surface area (Å²) in [4.78, 5) is 15.8. The predicted octanol–water partition coefficient (Wildman–Crippen LogP) is 4.68. The van der Waals surface area contributed by atoms with Crippen molar-refractivity contribution < 1.29 is 9.53 Å². The molecule has 0 bridgehead atoms. The van der Waals surface area contributed by atoms with Crippen LogP contribution in [0.15, 0.2) is 60.8 Å². The second-order valence-electron chi connectivity index (χ2n) is 8.23. The molecule has 152 valence electrons. The van der Waals surface area contributed by atoms with Crippen LogP contribution in [0.5, 0.6) is 0 Å². The van der Waals surface area contributed by atoms with Crippen LogP contribution in [-0.2, 0) is 18.2 Å². The summed E-state index contributed by atoms with van der Waals surface area (Å²) in [5.41, 5.74) is 3.21. The van der Waals surface area contributed by atoms with Gasteiger partial charge in [-0.05, 0) is 37.8 Å². The van der Waals surface area contributed by atoms with E-state index in [0.29, 0.717) is 5.92 Å². The van der Waals surface area contributed by atoms with E-state index in [1.54, 1.807) is 0 Å². The number of rotatable bonds is 7. The zero-order valence-electron chi connectivity index (χ0n) is 17.4. The minimum absolute atomic E-state index is 0.134. The lowest BCUT2D eigenvalue weighted by atomic mass is 10.0. The molecule has 2 atom stereocenters. The fourth-order valence-corrected chi connectivity index (χ4v) is 4.31. The summed E-state index contributed by atoms with van der Waals surface area (Å²) in [5, 5.41) is 1.03. The van der Waals surface area contributed by atoms with E-state index < -0.39 is 0 Å². The van der Waals surface area contributed by atoms with Crippen molar-refractivity contribution in [1.82, 2.24) is 9.47 Å². The van der Waals surface area contributed by atoms with E-state index in [2.05, 4.69) is 42.2 Å². The standard InChI is InChI=1S/C25H30N2O2/c1-19(12-13-20-8-4-3-5-9-20)27(16-21-14-15-29-18-21)25(28)23-17-26(2)24-11-7-6-10-22(23)24/h3-11,17,19,21H,12-16,18H2,1-2H3. The number of para-hydroxylation sites is 1. The van der Waals surface area contributed by atoms with Crippen LogP contribution in [-0.4, -0.2) is 41.2 Å². The smallest absolute Gasteiger partial charge is 0.256 e. The molecule has 4 rings (SSSR count). The van der Waals surface area contributed by atoms with E-state index in [0.717, 1.165) is 55.5 Å². The van der Waals surface area contributed by atoms with Gasteiger partial charge in [-0.2, -0.15) is 0 Å². The summed E-state index contributed by atoms with van der Waals surface area (Å²) in [6.07, 6.45) is 4.94. The van der Waals surface area contributed by atoms with Gasteiger partial charge < -0.3 is 14.2 Å². The Balaban J connectivity index is 1.57. The third kappa shape index (κ3) is 4.38. The number of amides is 1. The second kappa shape index (κ2) is 8.83. The van der Waals surface area contributed by atoms with Crippen molar-refractivity contribution in [3.05, 3.63) is 71.9 Å². The summed E-state index contributed by atoms with van der Waals surface area (Å²) in [7, 11) is 2.01. The molecule has 1 saturated heterocycles. The number of hydrogen-bond donors (Lipinski definition) is 0. The zero-order chi connectivity index (χ0) is 20.2. The van der Waals surface area contributed by atoms with Gasteiger partial charge in [-0.3, -0.25) is 4.79 Å². The van der Waals surface area contributed by atoms with Gasteiger partial charge in [0.05, 0.1) is 12.2 Å². The van der Waals surface area contributed by atoms with Crippen molar-refractivity contribution in [2.75, 3.05) is 19.8 Å². The molecule has 4 heteroatoms. The lowest BCUT2D eigenvalue weighted by molar-refractivity contribution is 0.0641. The Morgan fingerprint density at radius 2 is 1.93 bits per heavy atom. The van der Waals surface area contributed by atoms with Gasteiger partial charge in [-0.25, -0.2) is 0 Å². The van der Waals surface area contributed by atoms with Crippen LogP contribution in [0.1, 0.15) is 35.7 Å². The average Bonchev–Trinajstić information content (AvgIpc) is 3.39. The molecule has 1 aliphatic heterocycles. The second-order valence-corrected chi connectivity index (χ2v) is 8.23. The summed E-state index contributed by atoms with van der Waals surface area (Å²) in [6.45, 7) is 4.50. The van der Waals surface area contributed by atoms with Crippen LogP contribution in [0.4, 0.5) is 0 Å². The molecule has 2 aromatic carbocycles. The molecule has 0 saturated carbocycles. The maximum atomic E-state index is 13.7. The van der Waals surface area contributed by atoms with Gasteiger partial charge >= 0.3 is 0 Å². The lowest BCUT2D eigenvalue weighted by Gasteiger charge is -2.31. The fraction of sp³-hybridized carbons (Fsp3) is 0.400. The monoisotopic (exact) mass is 390 g/mol. The normalized spacial score (nSPS) is 17.5. The molecule has 2 unspecified atom stereocenters. The molecule has 29 heavy (non-hydrogen) atoms. The van der Waals surface area contributed by atoms with E-state index in [4.69, 9.17) is 4.74 Å². The SMILES string of the molecule is CC(CCc1ccccc1)N(CC1CCOC1)C(=O)c1cn(C)c2ccccc12. The third-order valence-electron chi connectivity index (χ3n) is 6.09. The molecule has 0 radical (unpaired) electrons. The molecule has 0 spiro atoms. The maximum Gasteiger partial charge on any atom is 0.256 e. The van der Waals surface area contributed by atoms with Crippen LogP contribution in [0.3, 0.4) is 0 Å². The first-order valence-corrected chi connectivity index (χ1v) is 10.6. The van der Waals surface area contributed by atoms with Crippen molar-refractivity contribution in [2.45, 2.75) is 32.2 Å². The number of ether oxygens (including phenoxy) is 1. The van der Waals surface area contributed by atoms with Crippen LogP contribution in [0.2, 0.25) is 0 Å². The quantitative estimate of drug-likeness (QED) is 0.587. The first-order chi connectivity index (χ1) is 14.1. The molecule has 0 N–H and O–H groups in total. The number of benzene rings is 2. The van der Waals surface area contributed by atoms with E-state index >= 15 is 0 Å². The molecule has 1 amide bonds. The van der Waals surface area contributed by atoms with Gasteiger partial charge in [-0.1, -0.05) is 48.5 Å². The summed E-state index contributed by atoms with van der Waals surface area (Å²) in [6, 6.07) is 18.8. The van der Waals surface area contributed by atoms with Crippen molar-refractivity contribution in [3.8, 4) is 0 Å². The van der Waals surface area contributed by atoms with Crippen LogP contribution >= 0.6 is 0 Å². The molecular weight excluding hydrogens is 360 g/mol. The highest BCUT2D eigenvalue weighted by Gasteiger charge is 2.28. The number of aryl methyl sites for hydroxylation is 2. The molecule has 1 aliphatic rings. The largest absolute Gasteiger partial charge is 0.381 e. The number of nitrogens with zero attached hydrogens (tertiary/aromatic N) is 2. The van der Waals surface area contributed by atoms with E-state index in [9.17, 15) is 4.79 Å². The van der Waals surface area contributed by atoms with Crippen molar-refractivity contribution in [3.63, 3.8) is 0 Å². The molecule has 4 nitrogen and oxygen atoms in total. The lowest BCUT2D eigenvalue weighted by Crippen LogP contribution is -2.42. The number of fused-ring (bicyclic) bond motifs is 1. The minimum Gasteiger partial charge on any atom is -0.381 e. The summed E-state index contributed by atoms with van der Waals surface area (Å²) >= 11 is 0. The maximum absolute atomic E-state index is 13.7. The van der Waals surface area contributed by atoms with E-state index in [1.807, 2.05) is 42.1 Å². The molecule has 0 aliphatic carbocycles. The zero-order valence-corrected chi connectivity index (χ0v) is 17.4. The molecule has 1 aromatic heterocycles. The Hall–Kier alpha value is -2.59. The third-order valence-corrected chi connectivity index (χ3v) is 6.09. The van der Waals surface area contributed by atoms with Crippen LogP contribution in [0.25, 0.3) is 10.9 Å². The van der Waals surface area contributed by atoms with Gasteiger partial charge in [0.1, 0.15) is 0 Å². The highest BCUT2D eigenvalue weighted by molar-refractivity contribution is 6.07. The van der Waals surface area contributed by atoms with Gasteiger partial charge in [0.2, 0.25) is 0 Å². The van der Waals surface area contributed by atoms with Crippen LogP contribution in [0, 0.1) is 5.92 Å². The van der Waals surface area contributed by atoms with Gasteiger partial charge in [0.25, 0.3) is 5.91 Å². The minimum atomic E-state index is 0.134. The van der Waals surface area contributed by atoms with Gasteiger partial charge in [0, 0.05) is 49.3 Å². The molecular formula is C25H30N2O2.